The van der Waals surface area contributed by atoms with Gasteiger partial charge in [-0.1, -0.05) is 41.9 Å². The molecule has 0 bridgehead atoms. The van der Waals surface area contributed by atoms with Crippen LogP contribution in [0.15, 0.2) is 77.7 Å². The van der Waals surface area contributed by atoms with E-state index < -0.39 is 32.5 Å². The highest BCUT2D eigenvalue weighted by Gasteiger charge is 2.28. The molecular formula is C23H24ClN3O5S2. The Hall–Kier alpha value is -3.08. The van der Waals surface area contributed by atoms with Crippen LogP contribution < -0.4 is 13.9 Å². The molecule has 0 saturated heterocycles. The van der Waals surface area contributed by atoms with Crippen molar-refractivity contribution in [1.29, 1.82) is 0 Å². The molecule has 1 N–H and O–H groups in total. The molecule has 11 heteroatoms. The lowest BCUT2D eigenvalue weighted by molar-refractivity contribution is -0.114. The van der Waals surface area contributed by atoms with Crippen LogP contribution in [0.2, 0.25) is 5.02 Å². The highest BCUT2D eigenvalue weighted by atomic mass is 35.5. The lowest BCUT2D eigenvalue weighted by Gasteiger charge is -2.26. The maximum atomic E-state index is 13.5. The summed E-state index contributed by atoms with van der Waals surface area (Å²) in [6.45, 7) is 1.15. The summed E-state index contributed by atoms with van der Waals surface area (Å²) in [7, 11) is -6.19. The number of carbonyl (C=O) groups is 1. The Morgan fingerprint density at radius 3 is 2.24 bits per heavy atom. The number of sulfonamides is 2. The Kier molecular flexibility index (Phi) is 7.54. The van der Waals surface area contributed by atoms with Gasteiger partial charge in [-0.15, -0.1) is 0 Å². The number of carbonyl (C=O) groups excluding carboxylic acids is 1. The molecule has 3 aromatic rings. The number of hydrogen-bond acceptors (Lipinski definition) is 5. The van der Waals surface area contributed by atoms with Gasteiger partial charge in [0.25, 0.3) is 10.0 Å². The molecule has 0 heterocycles. The Labute approximate surface area is 204 Å². The van der Waals surface area contributed by atoms with Crippen molar-refractivity contribution < 1.29 is 21.6 Å². The predicted octanol–water partition coefficient (Wildman–Crippen LogP) is 3.88. The number of benzene rings is 3. The second-order valence-corrected chi connectivity index (χ2v) is 11.8. The molecule has 3 aromatic carbocycles. The quantitative estimate of drug-likeness (QED) is 0.484. The fourth-order valence-electron chi connectivity index (χ4n) is 3.19. The number of amides is 1. The average molecular weight is 522 g/mol. The standard InChI is InChI=1S/C23H24ClN3O5S2/c1-17-21(24)13-8-14-22(17)27(34(31,32)20-11-5-4-6-12-20)16-23(28)25-18-9-7-10-19(15-18)26(2)33(3,29)30/h4-15H,16H2,1-3H3,(H,25,28). The van der Waals surface area contributed by atoms with Crippen LogP contribution >= 0.6 is 11.6 Å². The minimum absolute atomic E-state index is 0.0268. The van der Waals surface area contributed by atoms with Gasteiger partial charge in [-0.05, 0) is 55.0 Å². The van der Waals surface area contributed by atoms with E-state index >= 15 is 0 Å². The van der Waals surface area contributed by atoms with Gasteiger partial charge in [0.1, 0.15) is 6.54 Å². The molecule has 0 aliphatic heterocycles. The third-order valence-electron chi connectivity index (χ3n) is 5.12. The summed E-state index contributed by atoms with van der Waals surface area (Å²) in [5, 5.41) is 3.01. The van der Waals surface area contributed by atoms with Gasteiger partial charge in [-0.3, -0.25) is 13.4 Å². The molecule has 1 amide bonds. The van der Waals surface area contributed by atoms with Gasteiger partial charge < -0.3 is 5.32 Å². The molecule has 0 aliphatic carbocycles. The van der Waals surface area contributed by atoms with E-state index in [0.29, 0.717) is 22.0 Å². The lowest BCUT2D eigenvalue weighted by atomic mass is 10.2. The summed E-state index contributed by atoms with van der Waals surface area (Å²) >= 11 is 6.23. The first-order valence-corrected chi connectivity index (χ1v) is 13.7. The summed E-state index contributed by atoms with van der Waals surface area (Å²) in [6, 6.07) is 18.9. The summed E-state index contributed by atoms with van der Waals surface area (Å²) < 4.78 is 52.7. The molecule has 8 nitrogen and oxygen atoms in total. The van der Waals surface area contributed by atoms with Gasteiger partial charge in [0, 0.05) is 17.8 Å². The van der Waals surface area contributed by atoms with E-state index in [0.717, 1.165) is 14.9 Å². The molecule has 180 valence electrons. The topological polar surface area (TPSA) is 104 Å². The van der Waals surface area contributed by atoms with Crippen molar-refractivity contribution in [2.75, 3.05) is 33.8 Å². The molecule has 0 aliphatic rings. The van der Waals surface area contributed by atoms with E-state index in [2.05, 4.69) is 5.32 Å². The first kappa shape index (κ1) is 25.5. The van der Waals surface area contributed by atoms with E-state index in [1.165, 1.54) is 25.2 Å². The van der Waals surface area contributed by atoms with E-state index in [1.807, 2.05) is 0 Å². The third kappa shape index (κ3) is 5.69. The number of hydrogen-bond donors (Lipinski definition) is 1. The van der Waals surface area contributed by atoms with Crippen LogP contribution in [0.3, 0.4) is 0 Å². The van der Waals surface area contributed by atoms with Crippen molar-refractivity contribution in [2.45, 2.75) is 11.8 Å². The first-order chi connectivity index (χ1) is 15.9. The number of nitrogens with one attached hydrogen (secondary N) is 1. The summed E-state index contributed by atoms with van der Waals surface area (Å²) in [5.74, 6) is -0.613. The van der Waals surface area contributed by atoms with Gasteiger partial charge in [0.15, 0.2) is 0 Å². The number of nitrogens with zero attached hydrogens (tertiary/aromatic N) is 2. The van der Waals surface area contributed by atoms with Gasteiger partial charge in [0.05, 0.1) is 22.5 Å². The summed E-state index contributed by atoms with van der Waals surface area (Å²) in [6.07, 6.45) is 1.07. The summed E-state index contributed by atoms with van der Waals surface area (Å²) in [4.78, 5) is 13.0. The fraction of sp³-hybridized carbons (Fsp3) is 0.174. The zero-order chi connectivity index (χ0) is 25.1. The van der Waals surface area contributed by atoms with Crippen LogP contribution in [0.5, 0.6) is 0 Å². The van der Waals surface area contributed by atoms with E-state index in [4.69, 9.17) is 11.6 Å². The molecule has 0 unspecified atom stereocenters. The third-order valence-corrected chi connectivity index (χ3v) is 8.51. The Morgan fingerprint density at radius 2 is 1.59 bits per heavy atom. The highest BCUT2D eigenvalue weighted by molar-refractivity contribution is 7.93. The average Bonchev–Trinajstić information content (AvgIpc) is 2.79. The number of anilines is 3. The maximum Gasteiger partial charge on any atom is 0.264 e. The van der Waals surface area contributed by atoms with Crippen LogP contribution in [0, 0.1) is 6.92 Å². The molecule has 0 aromatic heterocycles. The number of rotatable bonds is 8. The van der Waals surface area contributed by atoms with E-state index in [1.54, 1.807) is 61.5 Å². The highest BCUT2D eigenvalue weighted by Crippen LogP contribution is 2.31. The van der Waals surface area contributed by atoms with Crippen LogP contribution in [0.25, 0.3) is 0 Å². The maximum absolute atomic E-state index is 13.5. The first-order valence-electron chi connectivity index (χ1n) is 10.1. The minimum atomic E-state index is -4.10. The molecule has 0 radical (unpaired) electrons. The van der Waals surface area contributed by atoms with Crippen molar-refractivity contribution in [1.82, 2.24) is 0 Å². The molecule has 0 saturated carbocycles. The van der Waals surface area contributed by atoms with Crippen molar-refractivity contribution in [2.24, 2.45) is 0 Å². The second-order valence-electron chi connectivity index (χ2n) is 7.54. The Morgan fingerprint density at radius 1 is 0.941 bits per heavy atom. The molecule has 0 spiro atoms. The molecule has 0 fully saturated rings. The number of halogens is 1. The zero-order valence-electron chi connectivity index (χ0n) is 18.8. The lowest BCUT2D eigenvalue weighted by Crippen LogP contribution is -2.38. The normalized spacial score (nSPS) is 11.6. The van der Waals surface area contributed by atoms with Crippen molar-refractivity contribution in [3.8, 4) is 0 Å². The SMILES string of the molecule is Cc1c(Cl)cccc1N(CC(=O)Nc1cccc(N(C)S(C)(=O)=O)c1)S(=O)(=O)c1ccccc1. The predicted molar refractivity (Wildman–Crippen MR) is 135 cm³/mol. The fourth-order valence-corrected chi connectivity index (χ4v) is 5.35. The largest absolute Gasteiger partial charge is 0.324 e. The van der Waals surface area contributed by atoms with Gasteiger partial charge in [-0.25, -0.2) is 16.8 Å². The van der Waals surface area contributed by atoms with Crippen molar-refractivity contribution in [3.05, 3.63) is 83.4 Å². The molecule has 0 atom stereocenters. The van der Waals surface area contributed by atoms with Gasteiger partial charge in [-0.2, -0.15) is 0 Å². The molecule has 34 heavy (non-hydrogen) atoms. The monoisotopic (exact) mass is 521 g/mol. The van der Waals surface area contributed by atoms with Crippen molar-refractivity contribution >= 4 is 54.6 Å². The minimum Gasteiger partial charge on any atom is -0.324 e. The Balaban J connectivity index is 1.95. The van der Waals surface area contributed by atoms with Gasteiger partial charge >= 0.3 is 0 Å². The van der Waals surface area contributed by atoms with Crippen LogP contribution in [0.1, 0.15) is 5.56 Å². The zero-order valence-corrected chi connectivity index (χ0v) is 21.2. The summed E-state index contributed by atoms with van der Waals surface area (Å²) in [5.41, 5.74) is 1.45. The van der Waals surface area contributed by atoms with Crippen LogP contribution in [-0.2, 0) is 24.8 Å². The van der Waals surface area contributed by atoms with Gasteiger partial charge in [0.2, 0.25) is 15.9 Å². The smallest absolute Gasteiger partial charge is 0.264 e. The van der Waals surface area contributed by atoms with Crippen LogP contribution in [0.4, 0.5) is 17.1 Å². The van der Waals surface area contributed by atoms with Crippen molar-refractivity contribution in [3.63, 3.8) is 0 Å². The molecular weight excluding hydrogens is 498 g/mol. The van der Waals surface area contributed by atoms with Crippen LogP contribution in [-0.4, -0.2) is 42.6 Å². The second kappa shape index (κ2) is 10.0. The molecule has 3 rings (SSSR count). The van der Waals surface area contributed by atoms with E-state index in [9.17, 15) is 21.6 Å². The Bertz CT molecular complexity index is 1410. The van der Waals surface area contributed by atoms with E-state index in [-0.39, 0.29) is 10.6 Å².